The monoisotopic (exact) mass is 430 g/mol. The molecule has 5 N–H and O–H groups in total. The van der Waals surface area contributed by atoms with Crippen molar-refractivity contribution in [3.05, 3.63) is 57.7 Å². The van der Waals surface area contributed by atoms with E-state index in [1.165, 1.54) is 32.1 Å². The first-order valence-corrected chi connectivity index (χ1v) is 9.57. The Morgan fingerprint density at radius 2 is 2.03 bits per heavy atom. The van der Waals surface area contributed by atoms with Gasteiger partial charge >= 0.3 is 0 Å². The molecule has 0 aliphatic carbocycles. The maximum Gasteiger partial charge on any atom is 0.148 e. The van der Waals surface area contributed by atoms with Gasteiger partial charge in [-0.1, -0.05) is 12.1 Å². The molecule has 10 heteroatoms. The van der Waals surface area contributed by atoms with Crippen molar-refractivity contribution in [3.8, 4) is 0 Å². The molecule has 8 nitrogen and oxygen atoms in total. The molecule has 1 unspecified atom stereocenters. The molecule has 1 aliphatic heterocycles. The Bertz CT molecular complexity index is 1180. The van der Waals surface area contributed by atoms with Gasteiger partial charge < -0.3 is 15.6 Å². The summed E-state index contributed by atoms with van der Waals surface area (Å²) >= 11 is 0. The molecule has 1 atom stereocenters. The highest BCUT2D eigenvalue weighted by atomic mass is 19.1. The van der Waals surface area contributed by atoms with Crippen LogP contribution in [-0.4, -0.2) is 43.8 Å². The lowest BCUT2D eigenvalue weighted by Crippen LogP contribution is -2.34. The molecule has 164 valence electrons. The van der Waals surface area contributed by atoms with E-state index in [4.69, 9.17) is 16.0 Å². The van der Waals surface area contributed by atoms with E-state index in [0.29, 0.717) is 5.57 Å². The third kappa shape index (κ3) is 4.11. The largest absolute Gasteiger partial charge is 0.411 e. The number of oxime groups is 1. The van der Waals surface area contributed by atoms with Gasteiger partial charge in [0.2, 0.25) is 0 Å². The third-order valence-corrected chi connectivity index (χ3v) is 5.29. The second-order valence-electron chi connectivity index (χ2n) is 7.94. The summed E-state index contributed by atoms with van der Waals surface area (Å²) in [6.07, 6.45) is 1.49. The molecule has 0 bridgehead atoms. The number of rotatable bonds is 4. The van der Waals surface area contributed by atoms with E-state index >= 15 is 4.39 Å². The van der Waals surface area contributed by atoms with Crippen LogP contribution in [0.2, 0.25) is 0 Å². The van der Waals surface area contributed by atoms with Gasteiger partial charge in [0.15, 0.2) is 0 Å². The fourth-order valence-corrected chi connectivity index (χ4v) is 3.31. The number of hydrogen-bond acceptors (Lipinski definition) is 7. The van der Waals surface area contributed by atoms with Crippen molar-refractivity contribution in [3.63, 3.8) is 0 Å². The molecule has 3 rings (SSSR count). The minimum Gasteiger partial charge on any atom is -0.411 e. The third-order valence-electron chi connectivity index (χ3n) is 5.29. The van der Waals surface area contributed by atoms with Crippen molar-refractivity contribution in [2.24, 2.45) is 5.16 Å². The maximum atomic E-state index is 15.4. The minimum absolute atomic E-state index is 0.0977. The van der Waals surface area contributed by atoms with Gasteiger partial charge in [-0.05, 0) is 50.6 Å². The molecule has 1 aliphatic rings. The van der Waals surface area contributed by atoms with E-state index in [9.17, 15) is 9.50 Å². The molecule has 2 heterocycles. The summed E-state index contributed by atoms with van der Waals surface area (Å²) in [5.74, 6) is -3.10. The first kappa shape index (κ1) is 22.3. The topological polar surface area (TPSA) is 130 Å². The Morgan fingerprint density at radius 1 is 1.35 bits per heavy atom. The first-order valence-electron chi connectivity index (χ1n) is 9.57. The number of hydrogen-bond donors (Lipinski definition) is 5. The fourth-order valence-electron chi connectivity index (χ4n) is 3.31. The van der Waals surface area contributed by atoms with E-state index in [0.717, 1.165) is 10.7 Å². The summed E-state index contributed by atoms with van der Waals surface area (Å²) in [5, 5.41) is 45.7. The summed E-state index contributed by atoms with van der Waals surface area (Å²) in [6.45, 7) is 6.34. The molecule has 1 aromatic carbocycles. The Kier molecular flexibility index (Phi) is 5.77. The molecule has 2 aromatic rings. The van der Waals surface area contributed by atoms with Crippen LogP contribution in [0.3, 0.4) is 0 Å². The molecular formula is C21H24F2N6O2. The second kappa shape index (κ2) is 8.03. The van der Waals surface area contributed by atoms with Gasteiger partial charge in [-0.3, -0.25) is 10.8 Å². The second-order valence-corrected chi connectivity index (χ2v) is 7.94. The van der Waals surface area contributed by atoms with Gasteiger partial charge in [-0.2, -0.15) is 5.10 Å². The number of anilines is 1. The van der Waals surface area contributed by atoms with Crippen LogP contribution in [0.15, 0.2) is 28.9 Å². The summed E-state index contributed by atoms with van der Waals surface area (Å²) in [4.78, 5) is 0. The lowest BCUT2D eigenvalue weighted by Gasteiger charge is -2.28. The van der Waals surface area contributed by atoms with E-state index in [2.05, 4.69) is 15.6 Å². The molecule has 1 aromatic heterocycles. The Labute approximate surface area is 177 Å². The Hall–Kier alpha value is -3.40. The Balaban J connectivity index is 2.10. The molecule has 31 heavy (non-hydrogen) atoms. The SMILES string of the molecule is C/C(=N\O)c1ccc(=N)n(C(=N)C(C)c2c(F)cc3c(c2F)C=C(C(C)(C)O)CN3)n1. The zero-order chi connectivity index (χ0) is 23.1. The van der Waals surface area contributed by atoms with Crippen LogP contribution in [0.25, 0.3) is 6.08 Å². The van der Waals surface area contributed by atoms with Crippen molar-refractivity contribution in [1.82, 2.24) is 9.78 Å². The first-order chi connectivity index (χ1) is 14.5. The van der Waals surface area contributed by atoms with Gasteiger partial charge in [0, 0.05) is 29.3 Å². The highest BCUT2D eigenvalue weighted by molar-refractivity contribution is 5.96. The van der Waals surface area contributed by atoms with Crippen molar-refractivity contribution in [1.29, 1.82) is 10.8 Å². The van der Waals surface area contributed by atoms with E-state index in [1.54, 1.807) is 13.8 Å². The van der Waals surface area contributed by atoms with Crippen molar-refractivity contribution in [2.45, 2.75) is 39.2 Å². The predicted molar refractivity (Wildman–Crippen MR) is 113 cm³/mol. The highest BCUT2D eigenvalue weighted by Gasteiger charge is 2.29. The maximum absolute atomic E-state index is 15.4. The smallest absolute Gasteiger partial charge is 0.148 e. The lowest BCUT2D eigenvalue weighted by molar-refractivity contribution is 0.120. The molecule has 0 fully saturated rings. The molecule has 0 radical (unpaired) electrons. The summed E-state index contributed by atoms with van der Waals surface area (Å²) in [5.41, 5.74) is -0.429. The number of halogens is 2. The predicted octanol–water partition coefficient (Wildman–Crippen LogP) is 3.05. The number of nitrogens with zero attached hydrogens (tertiary/aromatic N) is 3. The highest BCUT2D eigenvalue weighted by Crippen LogP contribution is 2.36. The van der Waals surface area contributed by atoms with Gasteiger partial charge in [0.25, 0.3) is 0 Å². The minimum atomic E-state index is -1.18. The molecule has 0 spiro atoms. The van der Waals surface area contributed by atoms with E-state index < -0.39 is 23.2 Å². The van der Waals surface area contributed by atoms with Crippen molar-refractivity contribution in [2.75, 3.05) is 11.9 Å². The average molecular weight is 430 g/mol. The summed E-state index contributed by atoms with van der Waals surface area (Å²) < 4.78 is 31.3. The van der Waals surface area contributed by atoms with Crippen LogP contribution in [0, 0.1) is 22.5 Å². The standard InChI is InChI=1S/C21H24F2N6O2/c1-10(20(25)29-17(24)6-5-15(27-29)11(2)28-31)18-14(22)8-16-13(19(18)23)7-12(9-26-16)21(3,4)30/h5-8,10,24-26,30-31H,9H2,1-4H3/b24-17?,25-20?,28-11+. The van der Waals surface area contributed by atoms with Crippen molar-refractivity contribution >= 4 is 23.3 Å². The van der Waals surface area contributed by atoms with Gasteiger partial charge in [-0.15, -0.1) is 0 Å². The van der Waals surface area contributed by atoms with Crippen LogP contribution in [-0.2, 0) is 0 Å². The average Bonchev–Trinajstić information content (AvgIpc) is 2.72. The Morgan fingerprint density at radius 3 is 2.65 bits per heavy atom. The zero-order valence-electron chi connectivity index (χ0n) is 17.6. The number of aliphatic hydroxyl groups is 1. The molecule has 0 saturated heterocycles. The summed E-state index contributed by atoms with van der Waals surface area (Å²) in [6, 6.07) is 3.95. The van der Waals surface area contributed by atoms with Crippen LogP contribution in [0.4, 0.5) is 14.5 Å². The normalized spacial score (nSPS) is 15.1. The number of fused-ring (bicyclic) bond motifs is 1. The van der Waals surface area contributed by atoms with Gasteiger partial charge in [-0.25, -0.2) is 13.5 Å². The molecular weight excluding hydrogens is 406 g/mol. The van der Waals surface area contributed by atoms with Crippen LogP contribution in [0.5, 0.6) is 0 Å². The van der Waals surface area contributed by atoms with Crippen molar-refractivity contribution < 1.29 is 19.1 Å². The number of benzene rings is 1. The summed E-state index contributed by atoms with van der Waals surface area (Å²) in [7, 11) is 0. The van der Waals surface area contributed by atoms with E-state index in [-0.39, 0.29) is 46.1 Å². The fraction of sp³-hybridized carbons (Fsp3) is 0.333. The quantitative estimate of drug-likeness (QED) is 0.221. The molecule has 0 amide bonds. The lowest BCUT2D eigenvalue weighted by atomic mass is 9.89. The number of aromatic nitrogens is 2. The van der Waals surface area contributed by atoms with Crippen LogP contribution < -0.4 is 10.8 Å². The van der Waals surface area contributed by atoms with E-state index in [1.807, 2.05) is 0 Å². The van der Waals surface area contributed by atoms with Gasteiger partial charge in [0.05, 0.1) is 5.60 Å². The van der Waals surface area contributed by atoms with Crippen LogP contribution >= 0.6 is 0 Å². The molecule has 0 saturated carbocycles. The van der Waals surface area contributed by atoms with Crippen LogP contribution in [0.1, 0.15) is 50.4 Å². The zero-order valence-corrected chi connectivity index (χ0v) is 17.6. The van der Waals surface area contributed by atoms with Gasteiger partial charge in [0.1, 0.15) is 34.4 Å². The number of nitrogens with one attached hydrogen (secondary N) is 3.